The first-order chi connectivity index (χ1) is 12.0. The summed E-state index contributed by atoms with van der Waals surface area (Å²) in [5.74, 6) is 0.411. The van der Waals surface area contributed by atoms with Crippen LogP contribution in [0.25, 0.3) is 0 Å². The second-order valence-corrected chi connectivity index (χ2v) is 6.34. The van der Waals surface area contributed by atoms with Crippen LogP contribution in [0.3, 0.4) is 0 Å². The normalized spacial score (nSPS) is 12.0. The minimum atomic E-state index is -0.287. The molecule has 0 unspecified atom stereocenters. The second-order valence-electron chi connectivity index (χ2n) is 5.94. The van der Waals surface area contributed by atoms with Gasteiger partial charge in [-0.05, 0) is 24.3 Å². The van der Waals surface area contributed by atoms with Crippen molar-refractivity contribution in [1.82, 2.24) is 10.6 Å². The third-order valence-corrected chi connectivity index (χ3v) is 4.17. The van der Waals surface area contributed by atoms with Crippen LogP contribution < -0.4 is 15.5 Å². The average molecular weight is 365 g/mol. The molecule has 1 aromatic heterocycles. The van der Waals surface area contributed by atoms with Crippen molar-refractivity contribution in [2.24, 2.45) is 0 Å². The molecule has 0 radical (unpaired) electrons. The average Bonchev–Trinajstić information content (AvgIpc) is 3.09. The minimum Gasteiger partial charge on any atom is -0.463 e. The number of hydrogen-bond acceptors (Lipinski definition) is 3. The molecule has 0 saturated carbocycles. The van der Waals surface area contributed by atoms with Crippen LogP contribution in [0.2, 0.25) is 5.02 Å². The lowest BCUT2D eigenvalue weighted by Gasteiger charge is -2.19. The molecule has 0 fully saturated rings. The van der Waals surface area contributed by atoms with E-state index >= 15 is 0 Å². The summed E-state index contributed by atoms with van der Waals surface area (Å²) in [4.78, 5) is 25.2. The van der Waals surface area contributed by atoms with Crippen molar-refractivity contribution in [2.45, 2.75) is 12.5 Å². The maximum atomic E-state index is 12.0. The molecule has 0 aliphatic rings. The highest BCUT2D eigenvalue weighted by Crippen LogP contribution is 2.14. The van der Waals surface area contributed by atoms with Gasteiger partial charge in [-0.1, -0.05) is 23.7 Å². The van der Waals surface area contributed by atoms with Gasteiger partial charge in [-0.15, -0.1) is 0 Å². The summed E-state index contributed by atoms with van der Waals surface area (Å²) < 4.78 is 5.42. The van der Waals surface area contributed by atoms with E-state index in [1.54, 1.807) is 30.5 Å². The smallest absolute Gasteiger partial charge is 0.252 e. The van der Waals surface area contributed by atoms with Crippen molar-refractivity contribution < 1.29 is 18.9 Å². The Morgan fingerprint density at radius 1 is 1.16 bits per heavy atom. The number of carbonyl (C=O) groups is 2. The fourth-order valence-corrected chi connectivity index (χ4v) is 2.63. The van der Waals surface area contributed by atoms with Gasteiger partial charge in [0.15, 0.2) is 11.8 Å². The Balaban J connectivity index is 1.75. The molecule has 2 rings (SSSR count). The molecule has 134 valence electrons. The molecule has 6 nitrogen and oxygen atoms in total. The molecule has 0 saturated heterocycles. The number of halogens is 1. The number of furan rings is 1. The lowest BCUT2D eigenvalue weighted by molar-refractivity contribution is -0.891. The van der Waals surface area contributed by atoms with Crippen LogP contribution in [0.1, 0.15) is 28.6 Å². The standard InChI is InChI=1S/C18H22ClN3O3/c1-22(2)15(16-8-5-11-25-16)12-21-17(23)9-10-20-18(24)13-6-3-4-7-14(13)19/h3-8,11,15H,9-10,12H2,1-2H3,(H,20,24)(H,21,23)/p+1/t15-/m0/s1. The van der Waals surface area contributed by atoms with E-state index in [-0.39, 0.29) is 30.8 Å². The number of carbonyl (C=O) groups excluding carboxylic acids is 2. The molecule has 3 N–H and O–H groups in total. The Kier molecular flexibility index (Phi) is 7.03. The fourth-order valence-electron chi connectivity index (χ4n) is 2.41. The lowest BCUT2D eigenvalue weighted by atomic mass is 10.2. The number of hydrogen-bond donors (Lipinski definition) is 3. The maximum Gasteiger partial charge on any atom is 0.252 e. The zero-order valence-corrected chi connectivity index (χ0v) is 15.1. The Morgan fingerprint density at radius 2 is 1.92 bits per heavy atom. The molecular weight excluding hydrogens is 342 g/mol. The first kappa shape index (κ1) is 19.0. The van der Waals surface area contributed by atoms with Crippen LogP contribution in [0.15, 0.2) is 47.1 Å². The Bertz CT molecular complexity index is 701. The van der Waals surface area contributed by atoms with Gasteiger partial charge in [-0.2, -0.15) is 0 Å². The zero-order chi connectivity index (χ0) is 18.2. The number of amides is 2. The summed E-state index contributed by atoms with van der Waals surface area (Å²) >= 11 is 5.97. The predicted octanol–water partition coefficient (Wildman–Crippen LogP) is 1.05. The molecular formula is C18H23ClN3O3+. The monoisotopic (exact) mass is 364 g/mol. The van der Waals surface area contributed by atoms with Gasteiger partial charge in [0.1, 0.15) is 0 Å². The molecule has 1 atom stereocenters. The zero-order valence-electron chi connectivity index (χ0n) is 14.3. The van der Waals surface area contributed by atoms with Crippen LogP contribution in [-0.2, 0) is 4.79 Å². The van der Waals surface area contributed by atoms with Gasteiger partial charge in [0.2, 0.25) is 5.91 Å². The molecule has 0 bridgehead atoms. The Hall–Kier alpha value is -2.31. The summed E-state index contributed by atoms with van der Waals surface area (Å²) in [5, 5.41) is 5.97. The molecule has 1 aromatic carbocycles. The Labute approximate surface area is 152 Å². The van der Waals surface area contributed by atoms with Crippen molar-refractivity contribution in [3.63, 3.8) is 0 Å². The SMILES string of the molecule is C[NH+](C)[C@@H](CNC(=O)CCNC(=O)c1ccccc1Cl)c1ccco1. The van der Waals surface area contributed by atoms with Gasteiger partial charge in [0.05, 0.1) is 37.5 Å². The largest absolute Gasteiger partial charge is 0.463 e. The predicted molar refractivity (Wildman–Crippen MR) is 95.7 cm³/mol. The van der Waals surface area contributed by atoms with Gasteiger partial charge >= 0.3 is 0 Å². The second kappa shape index (κ2) is 9.25. The van der Waals surface area contributed by atoms with E-state index in [1.807, 2.05) is 26.2 Å². The summed E-state index contributed by atoms with van der Waals surface area (Å²) in [5.41, 5.74) is 0.402. The van der Waals surface area contributed by atoms with E-state index in [2.05, 4.69) is 10.6 Å². The Morgan fingerprint density at radius 3 is 2.56 bits per heavy atom. The topological polar surface area (TPSA) is 75.8 Å². The van der Waals surface area contributed by atoms with Gasteiger partial charge in [0.25, 0.3) is 5.91 Å². The van der Waals surface area contributed by atoms with E-state index in [1.165, 1.54) is 0 Å². The van der Waals surface area contributed by atoms with Gasteiger partial charge in [-0.3, -0.25) is 9.59 Å². The van der Waals surface area contributed by atoms with Crippen molar-refractivity contribution >= 4 is 23.4 Å². The van der Waals surface area contributed by atoms with Crippen LogP contribution in [0, 0.1) is 0 Å². The van der Waals surface area contributed by atoms with E-state index in [4.69, 9.17) is 16.0 Å². The van der Waals surface area contributed by atoms with E-state index in [0.717, 1.165) is 10.7 Å². The van der Waals surface area contributed by atoms with Crippen molar-refractivity contribution in [2.75, 3.05) is 27.2 Å². The summed E-state index contributed by atoms with van der Waals surface area (Å²) in [6, 6.07) is 10.6. The third kappa shape index (κ3) is 5.62. The maximum absolute atomic E-state index is 12.0. The quantitative estimate of drug-likeness (QED) is 0.655. The number of rotatable bonds is 8. The molecule has 2 aromatic rings. The van der Waals surface area contributed by atoms with Crippen LogP contribution >= 0.6 is 11.6 Å². The first-order valence-corrected chi connectivity index (χ1v) is 8.49. The summed E-state index contributed by atoms with van der Waals surface area (Å²) in [7, 11) is 4.01. The highest BCUT2D eigenvalue weighted by atomic mass is 35.5. The highest BCUT2D eigenvalue weighted by molar-refractivity contribution is 6.33. The number of nitrogens with one attached hydrogen (secondary N) is 3. The van der Waals surface area contributed by atoms with Gasteiger partial charge in [0, 0.05) is 13.0 Å². The lowest BCUT2D eigenvalue weighted by Crippen LogP contribution is -3.07. The first-order valence-electron chi connectivity index (χ1n) is 8.12. The molecule has 1 heterocycles. The minimum absolute atomic E-state index is 0.0386. The van der Waals surface area contributed by atoms with Gasteiger partial charge < -0.3 is 20.0 Å². The van der Waals surface area contributed by atoms with E-state index < -0.39 is 0 Å². The van der Waals surface area contributed by atoms with Crippen LogP contribution in [0.4, 0.5) is 0 Å². The molecule has 0 spiro atoms. The summed E-state index contributed by atoms with van der Waals surface area (Å²) in [6.07, 6.45) is 1.82. The highest BCUT2D eigenvalue weighted by Gasteiger charge is 2.21. The molecule has 0 aliphatic heterocycles. The third-order valence-electron chi connectivity index (χ3n) is 3.84. The van der Waals surface area contributed by atoms with Crippen molar-refractivity contribution in [3.8, 4) is 0 Å². The number of likely N-dealkylation sites (N-methyl/N-ethyl adjacent to an activating group) is 1. The van der Waals surface area contributed by atoms with Crippen molar-refractivity contribution in [3.05, 3.63) is 59.0 Å². The molecule has 0 aliphatic carbocycles. The molecule has 25 heavy (non-hydrogen) atoms. The van der Waals surface area contributed by atoms with E-state index in [9.17, 15) is 9.59 Å². The number of benzene rings is 1. The van der Waals surface area contributed by atoms with E-state index in [0.29, 0.717) is 17.1 Å². The molecule has 7 heteroatoms. The van der Waals surface area contributed by atoms with Gasteiger partial charge in [-0.25, -0.2) is 0 Å². The summed E-state index contributed by atoms with van der Waals surface area (Å²) in [6.45, 7) is 0.712. The van der Waals surface area contributed by atoms with Crippen LogP contribution in [0.5, 0.6) is 0 Å². The number of quaternary nitrogens is 1. The molecule has 2 amide bonds. The fraction of sp³-hybridized carbons (Fsp3) is 0.333. The van der Waals surface area contributed by atoms with Crippen molar-refractivity contribution in [1.29, 1.82) is 0 Å². The van der Waals surface area contributed by atoms with Crippen LogP contribution in [-0.4, -0.2) is 39.0 Å².